The molecule has 1 aliphatic rings. The molecular weight excluding hydrogens is 436 g/mol. The van der Waals surface area contributed by atoms with Gasteiger partial charge in [0.1, 0.15) is 28.7 Å². The van der Waals surface area contributed by atoms with Crippen molar-refractivity contribution in [2.75, 3.05) is 38.7 Å². The number of carbonyl (C=O) groups excluding carboxylic acids is 2. The number of nitrogens with one attached hydrogen (secondary N) is 1. The summed E-state index contributed by atoms with van der Waals surface area (Å²) in [5.74, 6) is 1.26. The van der Waals surface area contributed by atoms with Crippen LogP contribution < -0.4 is 29.2 Å². The second kappa shape index (κ2) is 9.58. The van der Waals surface area contributed by atoms with E-state index in [1.807, 2.05) is 0 Å². The van der Waals surface area contributed by atoms with Crippen molar-refractivity contribution in [2.45, 2.75) is 0 Å². The summed E-state index contributed by atoms with van der Waals surface area (Å²) in [5.41, 5.74) is 1.84. The molecule has 0 fully saturated rings. The van der Waals surface area contributed by atoms with E-state index < -0.39 is 11.8 Å². The Kier molecular flexibility index (Phi) is 6.40. The molecule has 0 spiro atoms. The van der Waals surface area contributed by atoms with Crippen LogP contribution in [-0.2, 0) is 9.59 Å². The number of methoxy groups -OCH3 is 4. The third-order valence-corrected chi connectivity index (χ3v) is 5.44. The minimum Gasteiger partial charge on any atom is -0.497 e. The number of rotatable bonds is 8. The lowest BCUT2D eigenvalue weighted by Gasteiger charge is -2.17. The zero-order valence-electron chi connectivity index (χ0n) is 19.2. The van der Waals surface area contributed by atoms with E-state index in [0.717, 1.165) is 4.90 Å². The first kappa shape index (κ1) is 22.7. The van der Waals surface area contributed by atoms with Crippen molar-refractivity contribution in [3.8, 4) is 23.0 Å². The van der Waals surface area contributed by atoms with Crippen LogP contribution in [0, 0.1) is 0 Å². The number of amides is 2. The predicted molar refractivity (Wildman–Crippen MR) is 129 cm³/mol. The zero-order chi connectivity index (χ0) is 24.2. The summed E-state index contributed by atoms with van der Waals surface area (Å²) in [6, 6.07) is 18.9. The van der Waals surface area contributed by atoms with Crippen LogP contribution in [0.2, 0.25) is 0 Å². The number of ether oxygens (including phenoxy) is 4. The Labute approximate surface area is 197 Å². The lowest BCUT2D eigenvalue weighted by atomic mass is 10.0. The molecule has 8 nitrogen and oxygen atoms in total. The number of benzene rings is 3. The molecule has 0 atom stereocenters. The first-order chi connectivity index (χ1) is 16.5. The van der Waals surface area contributed by atoms with Crippen LogP contribution in [0.5, 0.6) is 23.0 Å². The Morgan fingerprint density at radius 3 is 1.97 bits per heavy atom. The molecule has 8 heteroatoms. The molecule has 0 aromatic heterocycles. The summed E-state index contributed by atoms with van der Waals surface area (Å²) in [6.45, 7) is 0. The van der Waals surface area contributed by atoms with Crippen LogP contribution in [0.1, 0.15) is 5.56 Å². The van der Waals surface area contributed by atoms with Crippen molar-refractivity contribution in [2.24, 2.45) is 0 Å². The summed E-state index contributed by atoms with van der Waals surface area (Å²) >= 11 is 0. The number of hydrogen-bond donors (Lipinski definition) is 1. The van der Waals surface area contributed by atoms with Crippen molar-refractivity contribution < 1.29 is 28.5 Å². The second-order valence-corrected chi connectivity index (χ2v) is 7.32. The minimum atomic E-state index is -0.498. The predicted octanol–water partition coefficient (Wildman–Crippen LogP) is 4.12. The van der Waals surface area contributed by atoms with Crippen LogP contribution >= 0.6 is 0 Å². The van der Waals surface area contributed by atoms with E-state index in [1.165, 1.54) is 14.2 Å². The van der Waals surface area contributed by atoms with E-state index in [0.29, 0.717) is 39.9 Å². The highest BCUT2D eigenvalue weighted by Crippen LogP contribution is 2.37. The molecular formula is C26H24N2O6. The molecule has 1 aliphatic heterocycles. The highest BCUT2D eigenvalue weighted by atomic mass is 16.5. The number of anilines is 2. The molecule has 174 valence electrons. The van der Waals surface area contributed by atoms with Gasteiger partial charge in [-0.05, 0) is 42.0 Å². The van der Waals surface area contributed by atoms with Gasteiger partial charge in [-0.2, -0.15) is 0 Å². The molecule has 0 aliphatic carbocycles. The van der Waals surface area contributed by atoms with Gasteiger partial charge in [0.25, 0.3) is 11.8 Å². The molecule has 0 saturated heterocycles. The van der Waals surface area contributed by atoms with Crippen LogP contribution in [0.15, 0.2) is 72.4 Å². The summed E-state index contributed by atoms with van der Waals surface area (Å²) in [5, 5.41) is 3.12. The van der Waals surface area contributed by atoms with Crippen LogP contribution in [0.4, 0.5) is 11.4 Å². The lowest BCUT2D eigenvalue weighted by Crippen LogP contribution is -2.32. The summed E-state index contributed by atoms with van der Waals surface area (Å²) in [7, 11) is 6.16. The standard InChI is InChI=1S/C26H24N2O6/c1-31-18-10-8-16(9-11-18)23-24(27-21-13-12-20(33-3)15-22(21)34-4)26(30)28(25(23)29)17-6-5-7-19(14-17)32-2/h5-15,27H,1-4H3. The highest BCUT2D eigenvalue weighted by Gasteiger charge is 2.40. The minimum absolute atomic E-state index is 0.126. The highest BCUT2D eigenvalue weighted by molar-refractivity contribution is 6.46. The third kappa shape index (κ3) is 4.13. The second-order valence-electron chi connectivity index (χ2n) is 7.32. The van der Waals surface area contributed by atoms with Crippen LogP contribution in [0.3, 0.4) is 0 Å². The summed E-state index contributed by atoms with van der Waals surface area (Å²) in [6.07, 6.45) is 0. The molecule has 1 heterocycles. The van der Waals surface area contributed by atoms with Crippen LogP contribution in [0.25, 0.3) is 5.57 Å². The van der Waals surface area contributed by atoms with Gasteiger partial charge in [-0.1, -0.05) is 18.2 Å². The van der Waals surface area contributed by atoms with Crippen molar-refractivity contribution in [1.82, 2.24) is 0 Å². The lowest BCUT2D eigenvalue weighted by molar-refractivity contribution is -0.120. The molecule has 3 aromatic rings. The number of nitrogens with zero attached hydrogens (tertiary/aromatic N) is 1. The molecule has 3 aromatic carbocycles. The van der Waals surface area contributed by atoms with Gasteiger partial charge < -0.3 is 24.3 Å². The monoisotopic (exact) mass is 460 g/mol. The Hall–Kier alpha value is -4.46. The SMILES string of the molecule is COc1ccc(C2=C(Nc3ccc(OC)cc3OC)C(=O)N(c3cccc(OC)c3)C2=O)cc1. The Morgan fingerprint density at radius 2 is 1.32 bits per heavy atom. The smallest absolute Gasteiger partial charge is 0.282 e. The Balaban J connectivity index is 1.83. The van der Waals surface area contributed by atoms with Crippen molar-refractivity contribution in [3.63, 3.8) is 0 Å². The summed E-state index contributed by atoms with van der Waals surface area (Å²) in [4.78, 5) is 28.3. The van der Waals surface area contributed by atoms with E-state index in [2.05, 4.69) is 5.32 Å². The molecule has 0 unspecified atom stereocenters. The fourth-order valence-electron chi connectivity index (χ4n) is 3.69. The zero-order valence-corrected chi connectivity index (χ0v) is 19.2. The van der Waals surface area contributed by atoms with Crippen molar-refractivity contribution in [1.29, 1.82) is 0 Å². The van der Waals surface area contributed by atoms with Gasteiger partial charge in [0, 0.05) is 12.1 Å². The average Bonchev–Trinajstić information content (AvgIpc) is 3.13. The van der Waals surface area contributed by atoms with Crippen molar-refractivity contribution >= 4 is 28.8 Å². The van der Waals surface area contributed by atoms with Crippen molar-refractivity contribution in [3.05, 3.63) is 78.0 Å². The van der Waals surface area contributed by atoms with E-state index in [-0.39, 0.29) is 11.3 Å². The Morgan fingerprint density at radius 1 is 0.676 bits per heavy atom. The van der Waals surface area contributed by atoms with Gasteiger partial charge in [0.15, 0.2) is 0 Å². The van der Waals surface area contributed by atoms with Gasteiger partial charge >= 0.3 is 0 Å². The molecule has 1 N–H and O–H groups in total. The first-order valence-corrected chi connectivity index (χ1v) is 10.4. The topological polar surface area (TPSA) is 86.3 Å². The van der Waals surface area contributed by atoms with Crippen LogP contribution in [-0.4, -0.2) is 40.3 Å². The largest absolute Gasteiger partial charge is 0.497 e. The number of carbonyl (C=O) groups is 2. The third-order valence-electron chi connectivity index (χ3n) is 5.44. The maximum Gasteiger partial charge on any atom is 0.282 e. The number of imide groups is 1. The molecule has 2 amide bonds. The molecule has 34 heavy (non-hydrogen) atoms. The molecule has 4 rings (SSSR count). The van der Waals surface area contributed by atoms with Gasteiger partial charge in [0.2, 0.25) is 0 Å². The maximum absolute atomic E-state index is 13.6. The quantitative estimate of drug-likeness (QED) is 0.506. The molecule has 0 radical (unpaired) electrons. The normalized spacial score (nSPS) is 13.2. The maximum atomic E-state index is 13.6. The molecule has 0 saturated carbocycles. The fourth-order valence-corrected chi connectivity index (χ4v) is 3.69. The number of hydrogen-bond acceptors (Lipinski definition) is 7. The van der Waals surface area contributed by atoms with Gasteiger partial charge in [-0.25, -0.2) is 4.90 Å². The van der Waals surface area contributed by atoms with E-state index in [1.54, 1.807) is 80.9 Å². The first-order valence-electron chi connectivity index (χ1n) is 10.4. The average molecular weight is 460 g/mol. The van der Waals surface area contributed by atoms with Gasteiger partial charge in [0.05, 0.1) is 45.4 Å². The van der Waals surface area contributed by atoms with E-state index >= 15 is 0 Å². The Bertz CT molecular complexity index is 1270. The van der Waals surface area contributed by atoms with Gasteiger partial charge in [-0.15, -0.1) is 0 Å². The summed E-state index contributed by atoms with van der Waals surface area (Å²) < 4.78 is 21.2. The van der Waals surface area contributed by atoms with E-state index in [9.17, 15) is 9.59 Å². The van der Waals surface area contributed by atoms with Gasteiger partial charge in [-0.3, -0.25) is 9.59 Å². The van der Waals surface area contributed by atoms with E-state index in [4.69, 9.17) is 18.9 Å². The molecule has 0 bridgehead atoms. The fraction of sp³-hybridized carbons (Fsp3) is 0.154.